The normalized spacial score (nSPS) is 22.3. The molecule has 2 aliphatic carbocycles. The van der Waals surface area contributed by atoms with Crippen LogP contribution in [0.4, 0.5) is 15.3 Å². The van der Waals surface area contributed by atoms with Crippen molar-refractivity contribution in [3.05, 3.63) is 81.4 Å². The Labute approximate surface area is 408 Å². The first-order valence-electron chi connectivity index (χ1n) is 23.2. The van der Waals surface area contributed by atoms with Crippen molar-refractivity contribution in [3.63, 3.8) is 0 Å². The molecule has 3 aromatic carbocycles. The molecule has 71 heavy (non-hydrogen) atoms. The van der Waals surface area contributed by atoms with E-state index in [0.717, 1.165) is 0 Å². The maximum Gasteiger partial charge on any atom is 0.407 e. The topological polar surface area (TPSA) is 344 Å². The van der Waals surface area contributed by atoms with E-state index < -0.39 is 126 Å². The number of nitrogens with one attached hydrogen (secondary N) is 5. The number of ketones is 3. The van der Waals surface area contributed by atoms with Crippen LogP contribution in [0.15, 0.2) is 42.5 Å². The second kappa shape index (κ2) is 22.6. The number of primary amides is 1. The molecule has 1 heterocycles. The third kappa shape index (κ3) is 11.9. The average Bonchev–Trinajstić information content (AvgIpc) is 3.32. The van der Waals surface area contributed by atoms with Crippen LogP contribution in [-0.4, -0.2) is 135 Å². The van der Waals surface area contributed by atoms with Gasteiger partial charge in [0, 0.05) is 54.2 Å². The van der Waals surface area contributed by atoms with Crippen LogP contribution in [0.1, 0.15) is 115 Å². The number of aliphatic hydroxyl groups is 3. The minimum absolute atomic E-state index is 0.000725. The summed E-state index contributed by atoms with van der Waals surface area (Å²) in [6.07, 6.45) is -7.17. The summed E-state index contributed by atoms with van der Waals surface area (Å²) in [5.41, 5.74) is 1.74. The Morgan fingerprint density at radius 2 is 1.63 bits per heavy atom. The molecule has 12 N–H and O–H groups in total. The molecule has 6 rings (SSSR count). The van der Waals surface area contributed by atoms with Crippen molar-refractivity contribution in [2.75, 3.05) is 25.6 Å². The maximum atomic E-state index is 14.0. The van der Waals surface area contributed by atoms with E-state index in [1.165, 1.54) is 32.2 Å². The number of alkyl carbamates (subject to hydrolysis) is 1. The Balaban J connectivity index is 1.13. The fourth-order valence-electron chi connectivity index (χ4n) is 9.09. The first-order valence-corrected chi connectivity index (χ1v) is 23.2. The van der Waals surface area contributed by atoms with Crippen LogP contribution in [0.5, 0.6) is 17.2 Å². The number of aliphatic hydroxyl groups excluding tert-OH is 2. The molecule has 0 spiro atoms. The van der Waals surface area contributed by atoms with Gasteiger partial charge in [-0.15, -0.1) is 0 Å². The second-order valence-electron chi connectivity index (χ2n) is 18.5. The average molecular weight is 991 g/mol. The van der Waals surface area contributed by atoms with Crippen molar-refractivity contribution < 1.29 is 78.0 Å². The summed E-state index contributed by atoms with van der Waals surface area (Å²) in [6.45, 7) is 7.89. The number of carbonyl (C=O) groups is 7. The highest BCUT2D eigenvalue weighted by atomic mass is 16.7. The molecule has 22 heteroatoms. The molecule has 0 aromatic heterocycles. The van der Waals surface area contributed by atoms with E-state index >= 15 is 0 Å². The van der Waals surface area contributed by atoms with Gasteiger partial charge in [-0.2, -0.15) is 0 Å². The smallest absolute Gasteiger partial charge is 0.407 e. The van der Waals surface area contributed by atoms with Crippen molar-refractivity contribution in [1.82, 2.24) is 21.3 Å². The number of carbonyl (C=O) groups excluding carboxylic acids is 7. The second-order valence-corrected chi connectivity index (χ2v) is 18.5. The van der Waals surface area contributed by atoms with Crippen molar-refractivity contribution in [2.45, 2.75) is 128 Å². The number of phenolic OH excluding ortho intramolecular Hbond substituents is 2. The number of phenols is 2. The number of anilines is 1. The Hall–Kier alpha value is -6.69. The molecule has 1 fully saturated rings. The van der Waals surface area contributed by atoms with Gasteiger partial charge in [0.05, 0.1) is 48.1 Å². The lowest BCUT2D eigenvalue weighted by Crippen LogP contribution is -2.56. The predicted octanol–water partition coefficient (Wildman–Crippen LogP) is 1.86. The van der Waals surface area contributed by atoms with E-state index in [-0.39, 0.29) is 71.9 Å². The zero-order valence-electron chi connectivity index (χ0n) is 40.2. The number of fused-ring (bicyclic) bond motifs is 3. The van der Waals surface area contributed by atoms with Gasteiger partial charge in [0.2, 0.25) is 17.6 Å². The summed E-state index contributed by atoms with van der Waals surface area (Å²) < 4.78 is 23.0. The van der Waals surface area contributed by atoms with E-state index in [0.29, 0.717) is 17.7 Å². The molecule has 0 unspecified atom stereocenters. The summed E-state index contributed by atoms with van der Waals surface area (Å²) in [7, 11) is 1.29. The van der Waals surface area contributed by atoms with Gasteiger partial charge >= 0.3 is 12.1 Å². The van der Waals surface area contributed by atoms with Crippen LogP contribution in [0.25, 0.3) is 0 Å². The molecule has 0 bridgehead atoms. The molecule has 0 saturated carbocycles. The molecular formula is C49H62N6O16. The number of nitrogens with two attached hydrogens (primary N) is 1. The Bertz CT molecular complexity index is 2530. The van der Waals surface area contributed by atoms with Crippen LogP contribution < -0.4 is 37.1 Å². The lowest BCUT2D eigenvalue weighted by atomic mass is 9.72. The third-order valence-corrected chi connectivity index (χ3v) is 12.7. The SMILES string of the molecule is COc1cccc2c1C(=O)c1c(O)c3c(c(O)c1C2=O)C[C@@](O)(C(=O)CO)C[C@@H]3O[C@H]1C[C@H](NC(=O)OCc2ccc(NC(=O)[C@H](CCCNC(N)=O)NC(=O)[C@@H](NC(C)C)C(C)C)cc2)[C@H](O)[C@H](C)O1. The number of benzene rings is 3. The van der Waals surface area contributed by atoms with E-state index in [9.17, 15) is 59.1 Å². The van der Waals surface area contributed by atoms with Crippen LogP contribution >= 0.6 is 0 Å². The molecule has 3 aromatic rings. The fraction of sp³-hybridized carbons (Fsp3) is 0.490. The fourth-order valence-corrected chi connectivity index (χ4v) is 9.09. The van der Waals surface area contributed by atoms with Gasteiger partial charge in [-0.1, -0.05) is 52.0 Å². The molecule has 5 amide bonds. The van der Waals surface area contributed by atoms with Crippen LogP contribution in [0.2, 0.25) is 0 Å². The van der Waals surface area contributed by atoms with Crippen molar-refractivity contribution in [1.29, 1.82) is 0 Å². The van der Waals surface area contributed by atoms with Crippen molar-refractivity contribution >= 4 is 47.0 Å². The number of urea groups is 1. The number of aromatic hydroxyl groups is 2. The van der Waals surface area contributed by atoms with Crippen molar-refractivity contribution in [2.24, 2.45) is 11.7 Å². The van der Waals surface area contributed by atoms with E-state index in [1.807, 2.05) is 27.7 Å². The van der Waals surface area contributed by atoms with Crippen LogP contribution in [0, 0.1) is 5.92 Å². The summed E-state index contributed by atoms with van der Waals surface area (Å²) in [5.74, 6) is -5.22. The molecule has 1 saturated heterocycles. The van der Waals surface area contributed by atoms with Gasteiger partial charge in [-0.3, -0.25) is 24.0 Å². The number of ether oxygens (including phenoxy) is 4. The number of hydrogen-bond donors (Lipinski definition) is 11. The van der Waals surface area contributed by atoms with E-state index in [2.05, 4.69) is 26.6 Å². The summed E-state index contributed by atoms with van der Waals surface area (Å²) in [6, 6.07) is 7.26. The highest BCUT2D eigenvalue weighted by Crippen LogP contribution is 2.52. The summed E-state index contributed by atoms with van der Waals surface area (Å²) >= 11 is 0. The van der Waals surface area contributed by atoms with Gasteiger partial charge in [0.15, 0.2) is 17.9 Å². The predicted molar refractivity (Wildman–Crippen MR) is 252 cm³/mol. The number of amides is 5. The molecule has 8 atom stereocenters. The van der Waals surface area contributed by atoms with E-state index in [1.54, 1.807) is 24.3 Å². The van der Waals surface area contributed by atoms with Crippen LogP contribution in [0.3, 0.4) is 0 Å². The van der Waals surface area contributed by atoms with Gasteiger partial charge in [-0.05, 0) is 49.4 Å². The first-order chi connectivity index (χ1) is 33.6. The van der Waals surface area contributed by atoms with Gasteiger partial charge in [-0.25, -0.2) is 9.59 Å². The number of methoxy groups -OCH3 is 1. The molecule has 3 aliphatic rings. The highest BCUT2D eigenvalue weighted by molar-refractivity contribution is 6.31. The first kappa shape index (κ1) is 53.7. The minimum atomic E-state index is -2.40. The largest absolute Gasteiger partial charge is 0.507 e. The Morgan fingerprint density at radius 3 is 2.27 bits per heavy atom. The number of hydrogen-bond acceptors (Lipinski definition) is 17. The van der Waals surface area contributed by atoms with Gasteiger partial charge in [0.25, 0.3) is 0 Å². The zero-order valence-corrected chi connectivity index (χ0v) is 40.2. The highest BCUT2D eigenvalue weighted by Gasteiger charge is 2.50. The monoisotopic (exact) mass is 990 g/mol. The van der Waals surface area contributed by atoms with Crippen molar-refractivity contribution in [3.8, 4) is 17.2 Å². The Kier molecular flexibility index (Phi) is 17.1. The molecule has 0 radical (unpaired) electrons. The lowest BCUT2D eigenvalue weighted by Gasteiger charge is -2.42. The molecular weight excluding hydrogens is 929 g/mol. The molecule has 384 valence electrons. The zero-order chi connectivity index (χ0) is 52.1. The number of rotatable bonds is 19. The Morgan fingerprint density at radius 1 is 0.944 bits per heavy atom. The van der Waals surface area contributed by atoms with Gasteiger partial charge < -0.3 is 76.8 Å². The van der Waals surface area contributed by atoms with E-state index in [4.69, 9.17) is 24.7 Å². The van der Waals surface area contributed by atoms with Crippen LogP contribution in [-0.2, 0) is 41.6 Å². The quantitative estimate of drug-likeness (QED) is 0.0472. The molecule has 1 aliphatic heterocycles. The van der Waals surface area contributed by atoms with Gasteiger partial charge in [0.1, 0.15) is 48.2 Å². The lowest BCUT2D eigenvalue weighted by molar-refractivity contribution is -0.249. The summed E-state index contributed by atoms with van der Waals surface area (Å²) in [4.78, 5) is 92.1. The third-order valence-electron chi connectivity index (χ3n) is 12.7. The minimum Gasteiger partial charge on any atom is -0.507 e. The molecule has 22 nitrogen and oxygen atoms in total. The summed E-state index contributed by atoms with van der Waals surface area (Å²) in [5, 5.41) is 69.9. The standard InChI is InChI=1S/C49H62N6O16/c1-22(2)39(52-23(3)4)46(64)54-29(10-8-16-51-47(50)65)45(63)53-26-14-12-25(13-15-26)21-69-48(66)55-30-17-34(70-24(5)40(30)58)71-32-19-49(67,33(57)20-56)18-28-36(32)44(62)38-37(42(28)60)41(59)27-9-7-11-31(68-6)35(27)43(38)61/h7,9,11-15,22-24,29-30,32,34,39-40,52,56,58,60,62,67H,8,10,16-21H2,1-6H3,(H,53,63)(H,54,64)(H,55,66)(H3,50,51,65)/t24-,29-,30-,32-,34-,39-,40+,49-/m0/s1. The number of Topliss-reactive ketones (excluding diaryl/α,β-unsaturated/α-hetero) is 1. The maximum absolute atomic E-state index is 14.0.